The highest BCUT2D eigenvalue weighted by atomic mass is 14.5. The molecule has 0 bridgehead atoms. The summed E-state index contributed by atoms with van der Waals surface area (Å²) in [5.41, 5.74) is 12.6. The monoisotopic (exact) mass is 180 g/mol. The Morgan fingerprint density at radius 2 is 1.69 bits per heavy atom. The number of anilines is 1. The first-order valence-corrected chi connectivity index (χ1v) is 4.73. The molecule has 0 aliphatic heterocycles. The van der Waals surface area contributed by atoms with Crippen LogP contribution in [0, 0.1) is 6.92 Å². The molecule has 0 aliphatic carbocycles. The highest BCUT2D eigenvalue weighted by Gasteiger charge is 1.80. The zero-order valence-electron chi connectivity index (χ0n) is 8.59. The van der Waals surface area contributed by atoms with E-state index >= 15 is 0 Å². The van der Waals surface area contributed by atoms with Crippen molar-refractivity contribution in [3.63, 3.8) is 0 Å². The predicted octanol–water partition coefficient (Wildman–Crippen LogP) is 2.32. The second-order valence-corrected chi connectivity index (χ2v) is 3.05. The Labute approximate surface area is 80.9 Å². The molecule has 1 aromatic rings. The van der Waals surface area contributed by atoms with E-state index in [-0.39, 0.29) is 0 Å². The van der Waals surface area contributed by atoms with Crippen LogP contribution in [-0.4, -0.2) is 6.54 Å². The Hall–Kier alpha value is -1.02. The number of unbranched alkanes of at least 4 members (excludes halogenated alkanes) is 1. The van der Waals surface area contributed by atoms with Crippen molar-refractivity contribution in [1.82, 2.24) is 0 Å². The minimum atomic E-state index is 0.829. The lowest BCUT2D eigenvalue weighted by Gasteiger charge is -1.90. The van der Waals surface area contributed by atoms with Crippen molar-refractivity contribution in [1.29, 1.82) is 0 Å². The fraction of sp³-hybridized carbons (Fsp3) is 0.455. The summed E-state index contributed by atoms with van der Waals surface area (Å²) in [5, 5.41) is 0. The molecular weight excluding hydrogens is 160 g/mol. The molecule has 1 aromatic carbocycles. The second-order valence-electron chi connectivity index (χ2n) is 3.05. The molecule has 1 rings (SSSR count). The smallest absolute Gasteiger partial charge is 0.0314 e. The van der Waals surface area contributed by atoms with Crippen molar-refractivity contribution in [3.05, 3.63) is 29.8 Å². The Kier molecular flexibility index (Phi) is 7.02. The van der Waals surface area contributed by atoms with Crippen LogP contribution in [0.2, 0.25) is 0 Å². The number of hydrogen-bond donors (Lipinski definition) is 2. The third-order valence-corrected chi connectivity index (χ3v) is 1.64. The Balaban J connectivity index is 0.000000252. The number of nitrogen functional groups attached to an aromatic ring is 1. The standard InChI is InChI=1S/C7H9N.C4H11N/c1-6-2-4-7(8)5-3-6;1-2-3-4-5/h2-5H,8H2,1H3;2-5H2,1H3. The molecule has 2 nitrogen and oxygen atoms in total. The van der Waals surface area contributed by atoms with Crippen molar-refractivity contribution in [2.24, 2.45) is 5.73 Å². The molecule has 0 atom stereocenters. The van der Waals surface area contributed by atoms with Gasteiger partial charge in [-0.15, -0.1) is 0 Å². The van der Waals surface area contributed by atoms with Crippen LogP contribution in [0.3, 0.4) is 0 Å². The van der Waals surface area contributed by atoms with Gasteiger partial charge in [-0.2, -0.15) is 0 Å². The minimum Gasteiger partial charge on any atom is -0.399 e. The number of aryl methyl sites for hydroxylation is 1. The summed E-state index contributed by atoms with van der Waals surface area (Å²) in [6.07, 6.45) is 2.39. The maximum atomic E-state index is 5.43. The third kappa shape index (κ3) is 7.34. The van der Waals surface area contributed by atoms with Gasteiger partial charge < -0.3 is 11.5 Å². The van der Waals surface area contributed by atoms with Gasteiger partial charge in [-0.3, -0.25) is 0 Å². The first-order chi connectivity index (χ1) is 6.20. The lowest BCUT2D eigenvalue weighted by molar-refractivity contribution is 0.807. The predicted molar refractivity (Wildman–Crippen MR) is 59.6 cm³/mol. The van der Waals surface area contributed by atoms with Gasteiger partial charge in [0.1, 0.15) is 0 Å². The fourth-order valence-corrected chi connectivity index (χ4v) is 0.771. The minimum absolute atomic E-state index is 0.829. The Bertz CT molecular complexity index is 181. The lowest BCUT2D eigenvalue weighted by atomic mass is 10.2. The summed E-state index contributed by atoms with van der Waals surface area (Å²) in [6, 6.07) is 7.79. The number of rotatable bonds is 2. The largest absolute Gasteiger partial charge is 0.399 e. The van der Waals surface area contributed by atoms with Crippen LogP contribution in [0.25, 0.3) is 0 Å². The molecule has 0 aliphatic rings. The summed E-state index contributed by atoms with van der Waals surface area (Å²) < 4.78 is 0. The van der Waals surface area contributed by atoms with Crippen LogP contribution in [0.5, 0.6) is 0 Å². The molecule has 2 heteroatoms. The molecule has 0 saturated heterocycles. The van der Waals surface area contributed by atoms with Gasteiger partial charge in [0, 0.05) is 5.69 Å². The number of hydrogen-bond acceptors (Lipinski definition) is 2. The molecule has 0 aromatic heterocycles. The van der Waals surface area contributed by atoms with E-state index in [9.17, 15) is 0 Å². The molecular formula is C11H20N2. The van der Waals surface area contributed by atoms with Crippen LogP contribution in [0.1, 0.15) is 25.3 Å². The Morgan fingerprint density at radius 1 is 1.15 bits per heavy atom. The number of benzene rings is 1. The van der Waals surface area contributed by atoms with Gasteiger partial charge >= 0.3 is 0 Å². The third-order valence-electron chi connectivity index (χ3n) is 1.64. The van der Waals surface area contributed by atoms with E-state index in [0.717, 1.165) is 12.2 Å². The first kappa shape index (κ1) is 12.0. The van der Waals surface area contributed by atoms with Crippen molar-refractivity contribution in [2.75, 3.05) is 12.3 Å². The molecule has 0 spiro atoms. The molecule has 0 heterocycles. The summed E-state index contributed by atoms with van der Waals surface area (Å²) in [5.74, 6) is 0. The summed E-state index contributed by atoms with van der Waals surface area (Å²) in [4.78, 5) is 0. The maximum Gasteiger partial charge on any atom is 0.0314 e. The fourth-order valence-electron chi connectivity index (χ4n) is 0.771. The summed E-state index contributed by atoms with van der Waals surface area (Å²) in [7, 11) is 0. The molecule has 4 N–H and O–H groups in total. The number of nitrogens with two attached hydrogens (primary N) is 2. The average molecular weight is 180 g/mol. The molecule has 13 heavy (non-hydrogen) atoms. The average Bonchev–Trinajstić information content (AvgIpc) is 2.13. The molecule has 74 valence electrons. The maximum absolute atomic E-state index is 5.43. The van der Waals surface area contributed by atoms with Crippen LogP contribution >= 0.6 is 0 Å². The van der Waals surface area contributed by atoms with Gasteiger partial charge in [-0.25, -0.2) is 0 Å². The normalized spacial score (nSPS) is 8.85. The summed E-state index contributed by atoms with van der Waals surface area (Å²) in [6.45, 7) is 5.02. The van der Waals surface area contributed by atoms with Gasteiger partial charge in [0.2, 0.25) is 0 Å². The van der Waals surface area contributed by atoms with Crippen molar-refractivity contribution in [3.8, 4) is 0 Å². The second kappa shape index (κ2) is 7.62. The van der Waals surface area contributed by atoms with Gasteiger partial charge in [0.05, 0.1) is 0 Å². The van der Waals surface area contributed by atoms with Gasteiger partial charge in [-0.05, 0) is 32.0 Å². The van der Waals surface area contributed by atoms with Gasteiger partial charge in [-0.1, -0.05) is 31.0 Å². The summed E-state index contributed by atoms with van der Waals surface area (Å²) >= 11 is 0. The van der Waals surface area contributed by atoms with Crippen molar-refractivity contribution >= 4 is 5.69 Å². The zero-order valence-corrected chi connectivity index (χ0v) is 8.59. The highest BCUT2D eigenvalue weighted by molar-refractivity contribution is 5.38. The van der Waals surface area contributed by atoms with E-state index in [0.29, 0.717) is 0 Å². The van der Waals surface area contributed by atoms with Gasteiger partial charge in [0.15, 0.2) is 0 Å². The van der Waals surface area contributed by atoms with E-state index in [1.807, 2.05) is 31.2 Å². The quantitative estimate of drug-likeness (QED) is 0.686. The SMILES string of the molecule is CCCCN.Cc1ccc(N)cc1. The van der Waals surface area contributed by atoms with E-state index < -0.39 is 0 Å². The highest BCUT2D eigenvalue weighted by Crippen LogP contribution is 2.02. The van der Waals surface area contributed by atoms with E-state index in [1.165, 1.54) is 18.4 Å². The van der Waals surface area contributed by atoms with Crippen molar-refractivity contribution < 1.29 is 0 Å². The van der Waals surface area contributed by atoms with Crippen LogP contribution < -0.4 is 11.5 Å². The van der Waals surface area contributed by atoms with Gasteiger partial charge in [0.25, 0.3) is 0 Å². The molecule has 0 saturated carbocycles. The lowest BCUT2D eigenvalue weighted by Crippen LogP contribution is -1.95. The first-order valence-electron chi connectivity index (χ1n) is 4.73. The van der Waals surface area contributed by atoms with E-state index in [1.54, 1.807) is 0 Å². The van der Waals surface area contributed by atoms with Crippen LogP contribution in [-0.2, 0) is 0 Å². The van der Waals surface area contributed by atoms with E-state index in [4.69, 9.17) is 11.5 Å². The Morgan fingerprint density at radius 3 is 1.92 bits per heavy atom. The van der Waals surface area contributed by atoms with Crippen LogP contribution in [0.4, 0.5) is 5.69 Å². The molecule has 0 fully saturated rings. The van der Waals surface area contributed by atoms with Crippen LogP contribution in [0.15, 0.2) is 24.3 Å². The van der Waals surface area contributed by atoms with E-state index in [2.05, 4.69) is 6.92 Å². The molecule has 0 radical (unpaired) electrons. The topological polar surface area (TPSA) is 52.0 Å². The molecule has 0 unspecified atom stereocenters. The zero-order chi connectivity index (χ0) is 10.1. The molecule has 0 amide bonds. The van der Waals surface area contributed by atoms with Crippen molar-refractivity contribution in [2.45, 2.75) is 26.7 Å².